The number of aromatic nitrogens is 2. The summed E-state index contributed by atoms with van der Waals surface area (Å²) < 4.78 is 95.9. The van der Waals surface area contributed by atoms with Gasteiger partial charge in [-0.3, -0.25) is 0 Å². The molecule has 0 spiro atoms. The molecular weight excluding hydrogens is 754 g/mol. The molecule has 1 aliphatic rings. The Hall–Kier alpha value is -4.52. The lowest BCUT2D eigenvalue weighted by Crippen LogP contribution is -2.46. The summed E-state index contributed by atoms with van der Waals surface area (Å²) in [6.07, 6.45) is 3.09. The normalized spacial score (nSPS) is 15.0. The maximum atomic E-state index is 15.9. The lowest BCUT2D eigenvalue weighted by molar-refractivity contribution is 0.0468. The van der Waals surface area contributed by atoms with Crippen molar-refractivity contribution in [1.29, 1.82) is 0 Å². The maximum Gasteiger partial charge on any atom is 0.407 e. The van der Waals surface area contributed by atoms with E-state index in [1.54, 1.807) is 33.8 Å². The number of halogens is 3. The van der Waals surface area contributed by atoms with Gasteiger partial charge < -0.3 is 35.3 Å². The van der Waals surface area contributed by atoms with E-state index in [9.17, 15) is 23.1 Å². The van der Waals surface area contributed by atoms with Crippen molar-refractivity contribution >= 4 is 44.6 Å². The average molecular weight is 801 g/mol. The van der Waals surface area contributed by atoms with Gasteiger partial charge >= 0.3 is 12.2 Å². The quantitative estimate of drug-likeness (QED) is 0.0981. The zero-order valence-electron chi connectivity index (χ0n) is 31.0. The van der Waals surface area contributed by atoms with Gasteiger partial charge in [0.25, 0.3) is 10.0 Å². The van der Waals surface area contributed by atoms with Gasteiger partial charge in [-0.05, 0) is 76.3 Å². The summed E-state index contributed by atoms with van der Waals surface area (Å²) in [7, 11) is -2.37. The van der Waals surface area contributed by atoms with Crippen LogP contribution in [-0.2, 0) is 21.3 Å². The van der Waals surface area contributed by atoms with Crippen LogP contribution in [0.3, 0.4) is 0 Å². The van der Waals surface area contributed by atoms with Crippen molar-refractivity contribution in [2.45, 2.75) is 89.3 Å². The highest BCUT2D eigenvalue weighted by molar-refractivity contribution is 7.93. The molecule has 1 fully saturated rings. The van der Waals surface area contributed by atoms with Crippen molar-refractivity contribution in [3.05, 3.63) is 53.6 Å². The zero-order valence-corrected chi connectivity index (χ0v) is 32.6. The minimum atomic E-state index is -5.15. The van der Waals surface area contributed by atoms with E-state index < -0.39 is 74.3 Å². The Kier molecular flexibility index (Phi) is 13.9. The van der Waals surface area contributed by atoms with Crippen LogP contribution in [0.2, 0.25) is 0 Å². The fourth-order valence-corrected chi connectivity index (χ4v) is 8.80. The van der Waals surface area contributed by atoms with Crippen molar-refractivity contribution in [2.75, 3.05) is 36.9 Å². The van der Waals surface area contributed by atoms with E-state index in [0.29, 0.717) is 53.5 Å². The van der Waals surface area contributed by atoms with E-state index in [4.69, 9.17) is 14.2 Å². The summed E-state index contributed by atoms with van der Waals surface area (Å²) in [6.45, 7) is 6.71. The number of hydrogen-bond acceptors (Lipinski definition) is 11. The van der Waals surface area contributed by atoms with E-state index in [2.05, 4.69) is 25.3 Å². The van der Waals surface area contributed by atoms with Crippen molar-refractivity contribution in [3.63, 3.8) is 0 Å². The monoisotopic (exact) mass is 800 g/mol. The second kappa shape index (κ2) is 17.7. The van der Waals surface area contributed by atoms with E-state index in [1.807, 2.05) is 0 Å². The topological polar surface area (TPSA) is 181 Å². The minimum absolute atomic E-state index is 0.115. The number of hydrogen-bond donors (Lipinski definition) is 4. The van der Waals surface area contributed by atoms with Gasteiger partial charge in [0, 0.05) is 48.4 Å². The second-order valence-corrected chi connectivity index (χ2v) is 16.7. The fraction of sp³-hybridized carbons (Fsp3) is 0.543. The number of amides is 2. The molecule has 1 aliphatic carbocycles. The molecule has 14 nitrogen and oxygen atoms in total. The highest BCUT2D eigenvalue weighted by atomic mass is 32.2. The van der Waals surface area contributed by atoms with Crippen molar-refractivity contribution < 1.29 is 50.5 Å². The van der Waals surface area contributed by atoms with Gasteiger partial charge in [-0.25, -0.2) is 40.5 Å². The van der Waals surface area contributed by atoms with E-state index in [0.717, 1.165) is 25.6 Å². The van der Waals surface area contributed by atoms with Gasteiger partial charge in [0.1, 0.15) is 29.2 Å². The molecule has 0 bridgehead atoms. The largest absolute Gasteiger partial charge is 0.497 e. The van der Waals surface area contributed by atoms with Crippen LogP contribution in [0.4, 0.5) is 33.6 Å². The van der Waals surface area contributed by atoms with Gasteiger partial charge in [-0.1, -0.05) is 13.3 Å². The molecule has 2 amide bonds. The number of carbonyl (C=O) groups excluding carboxylic acids is 1. The third kappa shape index (κ3) is 10.4. The molecule has 1 aromatic heterocycles. The lowest BCUT2D eigenvalue weighted by atomic mass is 9.61. The molecule has 0 aliphatic heterocycles. The van der Waals surface area contributed by atoms with Crippen LogP contribution in [0.1, 0.15) is 71.8 Å². The third-order valence-electron chi connectivity index (χ3n) is 9.34. The van der Waals surface area contributed by atoms with Crippen LogP contribution in [0.15, 0.2) is 35.5 Å². The number of anilines is 2. The molecule has 0 saturated heterocycles. The van der Waals surface area contributed by atoms with E-state index >= 15 is 13.2 Å². The van der Waals surface area contributed by atoms with Gasteiger partial charge in [-0.15, -0.1) is 0 Å². The van der Waals surface area contributed by atoms with Crippen LogP contribution < -0.4 is 29.7 Å². The van der Waals surface area contributed by atoms with Gasteiger partial charge in [0.15, 0.2) is 16.5 Å². The molecule has 2 aromatic carbocycles. The first kappa shape index (κ1) is 42.2. The number of alkyl carbamates (subject to hydrolysis) is 1. The summed E-state index contributed by atoms with van der Waals surface area (Å²) in [4.78, 5) is 26.4. The molecular formula is C35H47F3N6O8S2. The molecule has 3 aromatic rings. The summed E-state index contributed by atoms with van der Waals surface area (Å²) in [5, 5.41) is 17.3. The number of sulfonamides is 1. The number of ether oxygens (including phenoxy) is 3. The lowest BCUT2D eigenvalue weighted by Gasteiger charge is -2.46. The molecule has 1 unspecified atom stereocenters. The van der Waals surface area contributed by atoms with Crippen LogP contribution in [0, 0.1) is 28.8 Å². The number of carbonyl (C=O) groups is 2. The van der Waals surface area contributed by atoms with Gasteiger partial charge in [-0.2, -0.15) is 4.37 Å². The predicted molar refractivity (Wildman–Crippen MR) is 196 cm³/mol. The third-order valence-corrected chi connectivity index (χ3v) is 11.9. The van der Waals surface area contributed by atoms with Crippen LogP contribution >= 0.6 is 11.5 Å². The number of methoxy groups -OCH3 is 2. The smallest absolute Gasteiger partial charge is 0.407 e. The number of benzene rings is 2. The summed E-state index contributed by atoms with van der Waals surface area (Å²) in [5.41, 5.74) is -1.32. The van der Waals surface area contributed by atoms with Gasteiger partial charge in [0.05, 0.1) is 26.5 Å². The number of rotatable bonds is 18. The Labute approximate surface area is 317 Å². The zero-order chi connectivity index (χ0) is 39.8. The van der Waals surface area contributed by atoms with Crippen molar-refractivity contribution in [2.24, 2.45) is 11.3 Å². The predicted octanol–water partition coefficient (Wildman–Crippen LogP) is 6.92. The highest BCUT2D eigenvalue weighted by Gasteiger charge is 2.41. The Morgan fingerprint density at radius 2 is 1.83 bits per heavy atom. The molecule has 4 N–H and O–H groups in total. The molecule has 2 atom stereocenters. The second-order valence-electron chi connectivity index (χ2n) is 14.1. The number of nitrogens with zero attached hydrogens (tertiary/aromatic N) is 3. The Bertz CT molecular complexity index is 1870. The Balaban J connectivity index is 1.60. The standard InChI is InChI=1S/C35H47F3N6O8S2/c1-7-25(43-32(45)46)22(17-35(11-8-12-35)13-14-39-33(47)52-34(2,3)4)18-40-26-16-24(36)30(29(38)28(26)37)54(48,49)44(31-41-20-42-53-31)19-21-9-10-23(50-5)15-27(21)51-6/h9-10,15-16,20,22,25,40,43H,7-8,11-14,17-19H2,1-6H3,(H,39,47)(H,45,46)/t22?,25-/m1/s1. The van der Waals surface area contributed by atoms with Crippen LogP contribution in [0.5, 0.6) is 11.5 Å². The molecule has 19 heteroatoms. The van der Waals surface area contributed by atoms with Crippen LogP contribution in [-0.4, -0.2) is 74.0 Å². The summed E-state index contributed by atoms with van der Waals surface area (Å²) in [6, 6.07) is 4.48. The first-order chi connectivity index (χ1) is 25.4. The molecule has 1 saturated carbocycles. The average Bonchev–Trinajstić information content (AvgIpc) is 3.62. The molecule has 1 heterocycles. The molecule has 298 valence electrons. The molecule has 4 rings (SSSR count). The van der Waals surface area contributed by atoms with E-state index in [-0.39, 0.29) is 28.4 Å². The van der Waals surface area contributed by atoms with Crippen molar-refractivity contribution in [3.8, 4) is 11.5 Å². The first-order valence-electron chi connectivity index (χ1n) is 17.3. The highest BCUT2D eigenvalue weighted by Crippen LogP contribution is 2.49. The first-order valence-corrected chi connectivity index (χ1v) is 19.5. The Morgan fingerprint density at radius 3 is 2.39 bits per heavy atom. The van der Waals surface area contributed by atoms with E-state index in [1.165, 1.54) is 26.4 Å². The van der Waals surface area contributed by atoms with Crippen molar-refractivity contribution in [1.82, 2.24) is 20.0 Å². The minimum Gasteiger partial charge on any atom is -0.497 e. The van der Waals surface area contributed by atoms with Crippen LogP contribution in [0.25, 0.3) is 0 Å². The van der Waals surface area contributed by atoms with Gasteiger partial charge in [0.2, 0.25) is 5.13 Å². The number of carboxylic acid groups (broad SMARTS) is 1. The maximum absolute atomic E-state index is 15.9. The molecule has 54 heavy (non-hydrogen) atoms. The Morgan fingerprint density at radius 1 is 1.11 bits per heavy atom. The number of nitrogens with one attached hydrogen (secondary N) is 3. The summed E-state index contributed by atoms with van der Waals surface area (Å²) in [5.74, 6) is -5.03. The summed E-state index contributed by atoms with van der Waals surface area (Å²) >= 11 is 0.646. The fourth-order valence-electron chi connectivity index (χ4n) is 6.57. The molecule has 0 radical (unpaired) electrons. The SMILES string of the molecule is CC[C@@H](NC(=O)O)C(CNc1cc(F)c(S(=O)(=O)N(Cc2ccc(OC)cc2OC)c2ncns2)c(F)c1F)CC1(CCNC(=O)OC(C)(C)C)CCC1.